The van der Waals surface area contributed by atoms with Gasteiger partial charge in [-0.15, -0.1) is 5.53 Å². The summed E-state index contributed by atoms with van der Waals surface area (Å²) in [7, 11) is 3.32. The first-order valence-electron chi connectivity index (χ1n) is 13.8. The fraction of sp³-hybridized carbons (Fsp3) is 0.367. The number of fused-ring (bicyclic) bond motifs is 1. The van der Waals surface area contributed by atoms with Crippen LogP contribution in [0.15, 0.2) is 54.5 Å². The summed E-state index contributed by atoms with van der Waals surface area (Å²) < 4.78 is 23.6. The molecule has 1 aliphatic carbocycles. The van der Waals surface area contributed by atoms with E-state index in [1.165, 1.54) is 23.2 Å². The van der Waals surface area contributed by atoms with Crippen LogP contribution < -0.4 is 21.6 Å². The number of carbonyl (C=O) groups is 1. The SMILES string of the molecule is [2H][C@](Nc1cc(C(=O)N(C)C)c2ncc(C#N)c(NCC(C)(C)C)c2c1)(C1=CN(C2CC2)NN1)c1ccc(F)cc1. The maximum Gasteiger partial charge on any atom is 0.255 e. The number of hydrogen-bond acceptors (Lipinski definition) is 8. The molecule has 5 rings (SSSR count). The Morgan fingerprint density at radius 1 is 1.30 bits per heavy atom. The van der Waals surface area contributed by atoms with Crippen LogP contribution in [-0.2, 0) is 0 Å². The van der Waals surface area contributed by atoms with Gasteiger partial charge in [0.05, 0.1) is 35.4 Å². The van der Waals surface area contributed by atoms with E-state index in [0.717, 1.165) is 12.8 Å². The number of carbonyl (C=O) groups excluding carboxylic acids is 1. The summed E-state index contributed by atoms with van der Waals surface area (Å²) in [5, 5.41) is 19.1. The van der Waals surface area contributed by atoms with Crippen LogP contribution in [0.4, 0.5) is 15.8 Å². The molecule has 1 aliphatic heterocycles. The topological polar surface area (TPSA) is 108 Å². The molecular formula is C30H35FN8O. The van der Waals surface area contributed by atoms with E-state index in [1.807, 2.05) is 11.2 Å². The second-order valence-corrected chi connectivity index (χ2v) is 11.6. The molecule has 0 bridgehead atoms. The van der Waals surface area contributed by atoms with Crippen molar-refractivity contribution in [2.45, 2.75) is 45.7 Å². The summed E-state index contributed by atoms with van der Waals surface area (Å²) in [4.78, 5) is 19.4. The predicted octanol–water partition coefficient (Wildman–Crippen LogP) is 4.89. The van der Waals surface area contributed by atoms with Crippen LogP contribution in [0, 0.1) is 22.6 Å². The lowest BCUT2D eigenvalue weighted by Crippen LogP contribution is -2.38. The molecule has 10 heteroatoms. The number of benzene rings is 2. The van der Waals surface area contributed by atoms with Gasteiger partial charge in [-0.3, -0.25) is 14.8 Å². The van der Waals surface area contributed by atoms with Crippen LogP contribution in [0.3, 0.4) is 0 Å². The molecule has 4 N–H and O–H groups in total. The van der Waals surface area contributed by atoms with Crippen LogP contribution in [0.2, 0.25) is 0 Å². The number of amides is 1. The van der Waals surface area contributed by atoms with Crippen molar-refractivity contribution in [3.63, 3.8) is 0 Å². The average Bonchev–Trinajstić information content (AvgIpc) is 3.65. The summed E-state index contributed by atoms with van der Waals surface area (Å²) in [5.74, 6) is -0.675. The van der Waals surface area contributed by atoms with Gasteiger partial charge < -0.3 is 21.0 Å². The number of pyridine rings is 1. The van der Waals surface area contributed by atoms with E-state index in [0.29, 0.717) is 57.3 Å². The summed E-state index contributed by atoms with van der Waals surface area (Å²) in [6.45, 7) is 6.83. The fourth-order valence-corrected chi connectivity index (χ4v) is 4.47. The lowest BCUT2D eigenvalue weighted by molar-refractivity contribution is 0.0829. The quantitative estimate of drug-likeness (QED) is 0.318. The number of anilines is 2. The molecule has 2 aromatic carbocycles. The Morgan fingerprint density at radius 3 is 2.65 bits per heavy atom. The highest BCUT2D eigenvalue weighted by Gasteiger charge is 2.32. The smallest absolute Gasteiger partial charge is 0.255 e. The summed E-state index contributed by atoms with van der Waals surface area (Å²) in [5.41, 5.74) is 9.29. The molecule has 0 radical (unpaired) electrons. The van der Waals surface area contributed by atoms with Gasteiger partial charge in [0.25, 0.3) is 5.91 Å². The van der Waals surface area contributed by atoms with Gasteiger partial charge in [0.2, 0.25) is 0 Å². The zero-order valence-electron chi connectivity index (χ0n) is 24.4. The van der Waals surface area contributed by atoms with E-state index in [2.05, 4.69) is 53.4 Å². The third-order valence-corrected chi connectivity index (χ3v) is 6.72. The highest BCUT2D eigenvalue weighted by Crippen LogP contribution is 2.36. The maximum absolute atomic E-state index is 13.9. The molecule has 2 heterocycles. The molecule has 1 saturated carbocycles. The first-order valence-corrected chi connectivity index (χ1v) is 13.3. The standard InChI is InChI=1S/C30H35FN8O/c1-30(2,3)17-34-26-19(14-32)15-33-28-23(26)12-21(13-24(28)29(40)38(4)5)35-27(18-6-8-20(31)9-7-18)25-16-39(37-36-25)22-10-11-22/h6-9,12-13,15-16,22,27,35-37H,10-11,17H2,1-5H3,(H,33,34)/t27-/m1/s1/i27D. The molecule has 0 spiro atoms. The molecule has 1 amide bonds. The highest BCUT2D eigenvalue weighted by molar-refractivity contribution is 6.10. The largest absolute Gasteiger partial charge is 0.383 e. The second-order valence-electron chi connectivity index (χ2n) is 11.6. The monoisotopic (exact) mass is 543 g/mol. The lowest BCUT2D eigenvalue weighted by Gasteiger charge is -2.24. The van der Waals surface area contributed by atoms with Crippen molar-refractivity contribution in [1.82, 2.24) is 25.9 Å². The minimum Gasteiger partial charge on any atom is -0.383 e. The molecule has 3 aromatic rings. The third kappa shape index (κ3) is 5.80. The molecule has 9 nitrogen and oxygen atoms in total. The van der Waals surface area contributed by atoms with Gasteiger partial charge in [-0.1, -0.05) is 32.9 Å². The van der Waals surface area contributed by atoms with Gasteiger partial charge in [-0.05, 0) is 48.1 Å². The molecule has 1 atom stereocenters. The van der Waals surface area contributed by atoms with Gasteiger partial charge in [0, 0.05) is 50.2 Å². The summed E-state index contributed by atoms with van der Waals surface area (Å²) >= 11 is 0. The van der Waals surface area contributed by atoms with E-state index >= 15 is 0 Å². The first-order chi connectivity index (χ1) is 19.4. The average molecular weight is 544 g/mol. The Bertz CT molecular complexity index is 1560. The maximum atomic E-state index is 13.9. The predicted molar refractivity (Wildman–Crippen MR) is 154 cm³/mol. The molecule has 208 valence electrons. The first kappa shape index (κ1) is 25.9. The minimum atomic E-state index is -1.59. The Labute approximate surface area is 235 Å². The van der Waals surface area contributed by atoms with Crippen LogP contribution in [0.1, 0.15) is 62.5 Å². The van der Waals surface area contributed by atoms with Gasteiger partial charge in [0.15, 0.2) is 0 Å². The minimum absolute atomic E-state index is 0.0829. The number of rotatable bonds is 8. The van der Waals surface area contributed by atoms with Crippen LogP contribution in [0.5, 0.6) is 0 Å². The number of nitriles is 1. The van der Waals surface area contributed by atoms with Crippen molar-refractivity contribution < 1.29 is 10.6 Å². The fourth-order valence-electron chi connectivity index (χ4n) is 4.47. The molecule has 0 saturated heterocycles. The van der Waals surface area contributed by atoms with Crippen molar-refractivity contribution in [2.75, 3.05) is 31.3 Å². The van der Waals surface area contributed by atoms with E-state index in [9.17, 15) is 15.8 Å². The van der Waals surface area contributed by atoms with Crippen molar-refractivity contribution in [2.24, 2.45) is 5.41 Å². The van der Waals surface area contributed by atoms with Crippen LogP contribution in [-0.4, -0.2) is 47.5 Å². The van der Waals surface area contributed by atoms with Crippen LogP contribution >= 0.6 is 0 Å². The van der Waals surface area contributed by atoms with Gasteiger partial charge in [0.1, 0.15) is 11.9 Å². The van der Waals surface area contributed by atoms with Gasteiger partial charge >= 0.3 is 0 Å². The van der Waals surface area contributed by atoms with Crippen molar-refractivity contribution in [3.05, 3.63) is 77.0 Å². The van der Waals surface area contributed by atoms with Gasteiger partial charge in [-0.25, -0.2) is 4.39 Å². The van der Waals surface area contributed by atoms with Crippen LogP contribution in [0.25, 0.3) is 10.9 Å². The highest BCUT2D eigenvalue weighted by atomic mass is 19.1. The Morgan fingerprint density at radius 2 is 2.02 bits per heavy atom. The van der Waals surface area contributed by atoms with E-state index < -0.39 is 11.8 Å². The Balaban J connectivity index is 1.68. The lowest BCUT2D eigenvalue weighted by atomic mass is 9.96. The second kappa shape index (κ2) is 10.7. The molecule has 0 unspecified atom stereocenters. The van der Waals surface area contributed by atoms with Crippen molar-refractivity contribution in [3.8, 4) is 6.07 Å². The molecular weight excluding hydrogens is 507 g/mol. The third-order valence-electron chi connectivity index (χ3n) is 6.72. The van der Waals surface area contributed by atoms with Crippen molar-refractivity contribution >= 4 is 28.2 Å². The molecule has 1 aromatic heterocycles. The molecule has 1 fully saturated rings. The van der Waals surface area contributed by atoms with Crippen molar-refractivity contribution in [1.29, 1.82) is 5.26 Å². The molecule has 40 heavy (non-hydrogen) atoms. The van der Waals surface area contributed by atoms with E-state index in [4.69, 9.17) is 0 Å². The summed E-state index contributed by atoms with van der Waals surface area (Å²) in [6, 6.07) is 10.2. The summed E-state index contributed by atoms with van der Waals surface area (Å²) in [6.07, 6.45) is 5.42. The zero-order valence-corrected chi connectivity index (χ0v) is 23.4. The molecule has 2 aliphatic rings. The Kier molecular flexibility index (Phi) is 6.90. The Hall–Kier alpha value is -4.36. The van der Waals surface area contributed by atoms with E-state index in [-0.39, 0.29) is 11.3 Å². The number of hydrogen-bond donors (Lipinski definition) is 4. The number of aromatic nitrogens is 1. The number of nitrogens with one attached hydrogen (secondary N) is 4. The normalized spacial score (nSPS) is 16.9. The number of nitrogens with zero attached hydrogens (tertiary/aromatic N) is 4. The van der Waals surface area contributed by atoms with E-state index in [1.54, 1.807) is 38.4 Å². The zero-order chi connectivity index (χ0) is 29.5. The number of halogens is 1. The number of hydrazine groups is 2. The van der Waals surface area contributed by atoms with Gasteiger partial charge in [-0.2, -0.15) is 5.26 Å².